The van der Waals surface area contributed by atoms with Crippen LogP contribution in [0.15, 0.2) is 30.3 Å². The highest BCUT2D eigenvalue weighted by atomic mass is 16.5. The van der Waals surface area contributed by atoms with Gasteiger partial charge in [0.1, 0.15) is 6.04 Å². The minimum atomic E-state index is -0.571. The molecule has 1 unspecified atom stereocenters. The van der Waals surface area contributed by atoms with Crippen LogP contribution in [0.5, 0.6) is 0 Å². The van der Waals surface area contributed by atoms with Gasteiger partial charge in [-0.2, -0.15) is 0 Å². The van der Waals surface area contributed by atoms with E-state index in [4.69, 9.17) is 4.74 Å². The summed E-state index contributed by atoms with van der Waals surface area (Å²) in [6.07, 6.45) is 6.22. The number of esters is 1. The molecule has 0 aliphatic carbocycles. The van der Waals surface area contributed by atoms with E-state index < -0.39 is 6.04 Å². The van der Waals surface area contributed by atoms with Crippen LogP contribution in [0.1, 0.15) is 62.7 Å². The molecule has 1 aromatic rings. The maximum Gasteiger partial charge on any atom is 0.328 e. The molecule has 0 fully saturated rings. The average molecular weight is 319 g/mol. The first-order chi connectivity index (χ1) is 11.0. The Labute approximate surface area is 139 Å². The topological polar surface area (TPSA) is 55.4 Å². The van der Waals surface area contributed by atoms with Crippen molar-refractivity contribution in [1.29, 1.82) is 0 Å². The van der Waals surface area contributed by atoms with Gasteiger partial charge in [-0.25, -0.2) is 4.79 Å². The normalized spacial score (nSPS) is 12.0. The number of rotatable bonds is 10. The highest BCUT2D eigenvalue weighted by molar-refractivity contribution is 5.96. The number of unbranched alkanes of at least 4 members (excludes halogenated alkanes) is 3. The van der Waals surface area contributed by atoms with Crippen LogP contribution in [0.3, 0.4) is 0 Å². The fourth-order valence-electron chi connectivity index (χ4n) is 2.48. The molecule has 0 aliphatic rings. The maximum absolute atomic E-state index is 12.2. The number of ether oxygens (including phenoxy) is 1. The number of carbonyl (C=O) groups is 2. The van der Waals surface area contributed by atoms with Gasteiger partial charge in [-0.15, -0.1) is 0 Å². The predicted molar refractivity (Wildman–Crippen MR) is 92.3 cm³/mol. The first kappa shape index (κ1) is 19.2. The second-order valence-electron chi connectivity index (χ2n) is 6.30. The number of benzene rings is 1. The Kier molecular flexibility index (Phi) is 9.03. The summed E-state index contributed by atoms with van der Waals surface area (Å²) in [7, 11) is 1.35. The van der Waals surface area contributed by atoms with Gasteiger partial charge < -0.3 is 10.1 Å². The van der Waals surface area contributed by atoms with E-state index in [9.17, 15) is 9.59 Å². The van der Waals surface area contributed by atoms with E-state index in [0.29, 0.717) is 12.0 Å². The summed E-state index contributed by atoms with van der Waals surface area (Å²) in [4.78, 5) is 24.0. The van der Waals surface area contributed by atoms with Gasteiger partial charge in [0.2, 0.25) is 0 Å². The van der Waals surface area contributed by atoms with Gasteiger partial charge in [-0.1, -0.05) is 64.2 Å². The van der Waals surface area contributed by atoms with Gasteiger partial charge in [0.25, 0.3) is 5.91 Å². The van der Waals surface area contributed by atoms with Crippen molar-refractivity contribution in [3.63, 3.8) is 0 Å². The summed E-state index contributed by atoms with van der Waals surface area (Å²) >= 11 is 0. The second-order valence-corrected chi connectivity index (χ2v) is 6.30. The molecule has 1 N–H and O–H groups in total. The zero-order valence-electron chi connectivity index (χ0n) is 14.5. The third kappa shape index (κ3) is 7.82. The molecule has 1 rings (SSSR count). The molecule has 1 aromatic carbocycles. The highest BCUT2D eigenvalue weighted by Crippen LogP contribution is 2.12. The van der Waals surface area contributed by atoms with Crippen LogP contribution in [0.25, 0.3) is 0 Å². The third-order valence-corrected chi connectivity index (χ3v) is 3.85. The first-order valence-electron chi connectivity index (χ1n) is 8.48. The molecule has 23 heavy (non-hydrogen) atoms. The van der Waals surface area contributed by atoms with Gasteiger partial charge in [-0.05, 0) is 24.5 Å². The lowest BCUT2D eigenvalue weighted by Gasteiger charge is -2.16. The van der Waals surface area contributed by atoms with Crippen LogP contribution in [0, 0.1) is 5.92 Å². The zero-order chi connectivity index (χ0) is 17.1. The van der Waals surface area contributed by atoms with E-state index in [2.05, 4.69) is 19.2 Å². The van der Waals surface area contributed by atoms with E-state index in [1.165, 1.54) is 26.4 Å². The molecule has 1 amide bonds. The summed E-state index contributed by atoms with van der Waals surface area (Å²) in [6.45, 7) is 4.46. The second kappa shape index (κ2) is 10.8. The fourth-order valence-corrected chi connectivity index (χ4v) is 2.48. The van der Waals surface area contributed by atoms with Crippen molar-refractivity contribution >= 4 is 11.9 Å². The molecule has 1 atom stereocenters. The molecule has 0 saturated heterocycles. The first-order valence-corrected chi connectivity index (χ1v) is 8.48. The molecule has 0 heterocycles. The molecule has 0 bridgehead atoms. The van der Waals surface area contributed by atoms with Crippen molar-refractivity contribution in [3.8, 4) is 0 Å². The SMILES string of the molecule is COC(=O)C(CCCCCCC(C)C)NC(=O)c1ccccc1. The van der Waals surface area contributed by atoms with Crippen molar-refractivity contribution in [1.82, 2.24) is 5.32 Å². The van der Waals surface area contributed by atoms with Crippen LogP contribution in [-0.4, -0.2) is 25.0 Å². The third-order valence-electron chi connectivity index (χ3n) is 3.85. The molecule has 4 nitrogen and oxygen atoms in total. The van der Waals surface area contributed by atoms with E-state index in [1.807, 2.05) is 6.07 Å². The minimum absolute atomic E-state index is 0.235. The molecular weight excluding hydrogens is 290 g/mol. The molecule has 4 heteroatoms. The summed E-state index contributed by atoms with van der Waals surface area (Å²) in [5.74, 6) is 0.125. The molecule has 0 spiro atoms. The standard InChI is InChI=1S/C19H29NO3/c1-15(2)11-7-4-5-10-14-17(19(22)23-3)20-18(21)16-12-8-6-9-13-16/h6,8-9,12-13,15,17H,4-5,7,10-11,14H2,1-3H3,(H,20,21). The van der Waals surface area contributed by atoms with Gasteiger partial charge in [0.15, 0.2) is 0 Å². The number of amides is 1. The number of hydrogen-bond acceptors (Lipinski definition) is 3. The van der Waals surface area contributed by atoms with Crippen LogP contribution >= 0.6 is 0 Å². The monoisotopic (exact) mass is 319 g/mol. The lowest BCUT2D eigenvalue weighted by atomic mass is 10.0. The Hall–Kier alpha value is -1.84. The highest BCUT2D eigenvalue weighted by Gasteiger charge is 2.21. The number of methoxy groups -OCH3 is 1. The van der Waals surface area contributed by atoms with Crippen LogP contribution in [0.4, 0.5) is 0 Å². The van der Waals surface area contributed by atoms with Gasteiger partial charge in [0.05, 0.1) is 7.11 Å². The van der Waals surface area contributed by atoms with E-state index in [1.54, 1.807) is 24.3 Å². The summed E-state index contributed by atoms with van der Waals surface area (Å²) in [6, 6.07) is 8.35. The van der Waals surface area contributed by atoms with Crippen LogP contribution in [0.2, 0.25) is 0 Å². The van der Waals surface area contributed by atoms with Gasteiger partial charge in [-0.3, -0.25) is 4.79 Å². The quantitative estimate of drug-likeness (QED) is 0.525. The smallest absolute Gasteiger partial charge is 0.328 e. The Morgan fingerprint density at radius 2 is 1.61 bits per heavy atom. The van der Waals surface area contributed by atoms with Crippen LogP contribution < -0.4 is 5.32 Å². The predicted octanol–water partition coefficient (Wildman–Crippen LogP) is 3.95. The van der Waals surface area contributed by atoms with Crippen molar-refractivity contribution in [2.24, 2.45) is 5.92 Å². The van der Waals surface area contributed by atoms with Crippen LogP contribution in [-0.2, 0) is 9.53 Å². The molecule has 0 aliphatic heterocycles. The fraction of sp³-hybridized carbons (Fsp3) is 0.579. The Balaban J connectivity index is 2.41. The average Bonchev–Trinajstić information content (AvgIpc) is 2.56. The molecular formula is C19H29NO3. The lowest BCUT2D eigenvalue weighted by molar-refractivity contribution is -0.143. The van der Waals surface area contributed by atoms with Crippen molar-refractivity contribution in [3.05, 3.63) is 35.9 Å². The van der Waals surface area contributed by atoms with E-state index in [-0.39, 0.29) is 11.9 Å². The largest absolute Gasteiger partial charge is 0.467 e. The van der Waals surface area contributed by atoms with E-state index in [0.717, 1.165) is 18.8 Å². The number of nitrogens with one attached hydrogen (secondary N) is 1. The lowest BCUT2D eigenvalue weighted by Crippen LogP contribution is -2.41. The molecule has 0 saturated carbocycles. The Morgan fingerprint density at radius 3 is 2.17 bits per heavy atom. The zero-order valence-corrected chi connectivity index (χ0v) is 14.5. The van der Waals surface area contributed by atoms with Crippen molar-refractivity contribution < 1.29 is 14.3 Å². The molecule has 0 aromatic heterocycles. The van der Waals surface area contributed by atoms with E-state index >= 15 is 0 Å². The maximum atomic E-state index is 12.2. The molecule has 128 valence electrons. The number of hydrogen-bond donors (Lipinski definition) is 1. The molecule has 0 radical (unpaired) electrons. The number of carbonyl (C=O) groups excluding carboxylic acids is 2. The van der Waals surface area contributed by atoms with Crippen molar-refractivity contribution in [2.75, 3.05) is 7.11 Å². The summed E-state index contributed by atoms with van der Waals surface area (Å²) in [5, 5.41) is 2.78. The van der Waals surface area contributed by atoms with Crippen molar-refractivity contribution in [2.45, 2.75) is 58.4 Å². The van der Waals surface area contributed by atoms with Gasteiger partial charge in [0, 0.05) is 5.56 Å². The van der Waals surface area contributed by atoms with Gasteiger partial charge >= 0.3 is 5.97 Å². The summed E-state index contributed by atoms with van der Waals surface area (Å²) in [5.41, 5.74) is 0.554. The minimum Gasteiger partial charge on any atom is -0.467 e. The Morgan fingerprint density at radius 1 is 1.00 bits per heavy atom. The summed E-state index contributed by atoms with van der Waals surface area (Å²) < 4.78 is 4.81. The Bertz CT molecular complexity index is 471.